The average molecular weight is 277 g/mol. The number of hydrogen-bond donors (Lipinski definition) is 2. The highest BCUT2D eigenvalue weighted by Crippen LogP contribution is 2.20. The second kappa shape index (κ2) is 5.60. The van der Waals surface area contributed by atoms with Gasteiger partial charge in [0.05, 0.1) is 0 Å². The molecule has 2 N–H and O–H groups in total. The summed E-state index contributed by atoms with van der Waals surface area (Å²) in [6.45, 7) is 1.80. The van der Waals surface area contributed by atoms with E-state index in [4.69, 9.17) is 4.74 Å². The monoisotopic (exact) mass is 277 g/mol. The number of aromatic nitrogens is 2. The van der Waals surface area contributed by atoms with Gasteiger partial charge in [-0.3, -0.25) is 10.00 Å². The molecular weight excluding hydrogens is 261 g/mol. The van der Waals surface area contributed by atoms with Crippen LogP contribution in [0.1, 0.15) is 5.69 Å². The molecule has 1 aromatic carbocycles. The van der Waals surface area contributed by atoms with Crippen LogP contribution in [0.2, 0.25) is 0 Å². The third-order valence-corrected chi connectivity index (χ3v) is 3.35. The van der Waals surface area contributed by atoms with Crippen LogP contribution in [-0.2, 0) is 6.54 Å². The van der Waals surface area contributed by atoms with Crippen LogP contribution in [0.25, 0.3) is 0 Å². The minimum absolute atomic E-state index is 0.343. The van der Waals surface area contributed by atoms with E-state index in [0.717, 1.165) is 5.69 Å². The van der Waals surface area contributed by atoms with Crippen LogP contribution in [0.5, 0.6) is 5.75 Å². The maximum absolute atomic E-state index is 13.1. The van der Waals surface area contributed by atoms with E-state index in [2.05, 4.69) is 15.1 Å². The van der Waals surface area contributed by atoms with Gasteiger partial charge in [-0.1, -0.05) is 6.07 Å². The van der Waals surface area contributed by atoms with Crippen molar-refractivity contribution in [3.8, 4) is 5.75 Å². The van der Waals surface area contributed by atoms with Crippen molar-refractivity contribution in [1.82, 2.24) is 15.1 Å². The molecule has 0 spiro atoms. The second-order valence-electron chi connectivity index (χ2n) is 4.96. The zero-order valence-corrected chi connectivity index (χ0v) is 10.9. The molecule has 106 valence electrons. The number of ether oxygens (including phenoxy) is 1. The lowest BCUT2D eigenvalue weighted by Gasteiger charge is -2.16. The maximum atomic E-state index is 13.1. The zero-order valence-electron chi connectivity index (χ0n) is 10.9. The number of nitrogens with zero attached hydrogens (tertiary/aromatic N) is 2. The normalized spacial score (nSPS) is 23.1. The molecular formula is C14H16FN3O2. The number of aliphatic hydroxyl groups is 1. The Bertz CT molecular complexity index is 561. The smallest absolute Gasteiger partial charge is 0.138 e. The minimum atomic E-state index is -0.582. The maximum Gasteiger partial charge on any atom is 0.138 e. The summed E-state index contributed by atoms with van der Waals surface area (Å²) in [4.78, 5) is 2.07. The van der Waals surface area contributed by atoms with Gasteiger partial charge in [-0.2, -0.15) is 5.10 Å². The summed E-state index contributed by atoms with van der Waals surface area (Å²) in [6, 6.07) is 7.86. The van der Waals surface area contributed by atoms with Crippen molar-refractivity contribution in [2.45, 2.75) is 18.8 Å². The molecule has 5 nitrogen and oxygen atoms in total. The molecule has 0 amide bonds. The lowest BCUT2D eigenvalue weighted by Crippen LogP contribution is -2.29. The number of H-pyrrole nitrogens is 1. The zero-order chi connectivity index (χ0) is 13.9. The molecule has 0 unspecified atom stereocenters. The van der Waals surface area contributed by atoms with Crippen molar-refractivity contribution in [3.63, 3.8) is 0 Å². The van der Waals surface area contributed by atoms with Crippen molar-refractivity contribution in [2.75, 3.05) is 13.1 Å². The molecule has 1 saturated heterocycles. The fourth-order valence-electron chi connectivity index (χ4n) is 2.41. The number of likely N-dealkylation sites (tertiary alicyclic amines) is 1. The Balaban J connectivity index is 1.61. The fourth-order valence-corrected chi connectivity index (χ4v) is 2.41. The van der Waals surface area contributed by atoms with Crippen LogP contribution in [0.3, 0.4) is 0 Å². The first kappa shape index (κ1) is 13.1. The molecule has 1 fully saturated rings. The Hall–Kier alpha value is -1.92. The average Bonchev–Trinajstić information content (AvgIpc) is 3.01. The summed E-state index contributed by atoms with van der Waals surface area (Å²) in [7, 11) is 0. The first-order valence-corrected chi connectivity index (χ1v) is 6.51. The summed E-state index contributed by atoms with van der Waals surface area (Å²) >= 11 is 0. The third kappa shape index (κ3) is 2.97. The van der Waals surface area contributed by atoms with Gasteiger partial charge in [0.1, 0.15) is 23.8 Å². The quantitative estimate of drug-likeness (QED) is 0.881. The van der Waals surface area contributed by atoms with Gasteiger partial charge in [-0.25, -0.2) is 4.39 Å². The predicted octanol–water partition coefficient (Wildman–Crippen LogP) is 1.17. The Morgan fingerprint density at radius 2 is 2.30 bits per heavy atom. The number of nitrogens with one attached hydrogen (secondary N) is 1. The summed E-state index contributed by atoms with van der Waals surface area (Å²) in [5, 5.41) is 16.8. The van der Waals surface area contributed by atoms with E-state index in [1.807, 2.05) is 6.07 Å². The third-order valence-electron chi connectivity index (χ3n) is 3.35. The molecule has 0 aliphatic carbocycles. The first-order chi connectivity index (χ1) is 9.70. The molecule has 0 saturated carbocycles. The van der Waals surface area contributed by atoms with Crippen molar-refractivity contribution in [2.24, 2.45) is 0 Å². The van der Waals surface area contributed by atoms with Gasteiger partial charge in [0, 0.05) is 37.6 Å². The molecule has 0 radical (unpaired) electrons. The number of aliphatic hydroxyl groups excluding tert-OH is 1. The highest BCUT2D eigenvalue weighted by Gasteiger charge is 2.33. The summed E-state index contributed by atoms with van der Waals surface area (Å²) < 4.78 is 18.8. The SMILES string of the molecule is O[C@@H]1CN(Cc2ccn[nH]2)C[C@H]1Oc1cccc(F)c1. The number of hydrogen-bond acceptors (Lipinski definition) is 4. The van der Waals surface area contributed by atoms with Crippen LogP contribution in [0.4, 0.5) is 4.39 Å². The van der Waals surface area contributed by atoms with E-state index >= 15 is 0 Å². The summed E-state index contributed by atoms with van der Waals surface area (Å²) in [5.74, 6) is 0.0988. The standard InChI is InChI=1S/C14H16FN3O2/c15-10-2-1-3-12(6-10)20-14-9-18(8-13(14)19)7-11-4-5-16-17-11/h1-6,13-14,19H,7-9H2,(H,16,17)/t13-,14-/m1/s1. The second-order valence-corrected chi connectivity index (χ2v) is 4.96. The van der Waals surface area contributed by atoms with Gasteiger partial charge in [0.2, 0.25) is 0 Å². The summed E-state index contributed by atoms with van der Waals surface area (Å²) in [5.41, 5.74) is 0.989. The van der Waals surface area contributed by atoms with Crippen molar-refractivity contribution >= 4 is 0 Å². The minimum Gasteiger partial charge on any atom is -0.486 e. The number of aromatic amines is 1. The molecule has 0 bridgehead atoms. The molecule has 2 atom stereocenters. The van der Waals surface area contributed by atoms with Crippen LogP contribution < -0.4 is 4.74 Å². The number of benzene rings is 1. The van der Waals surface area contributed by atoms with Crippen molar-refractivity contribution < 1.29 is 14.2 Å². The predicted molar refractivity (Wildman–Crippen MR) is 70.7 cm³/mol. The van der Waals surface area contributed by atoms with E-state index in [1.165, 1.54) is 12.1 Å². The molecule has 1 aromatic heterocycles. The van der Waals surface area contributed by atoms with Crippen LogP contribution in [-0.4, -0.2) is 45.5 Å². The fraction of sp³-hybridized carbons (Fsp3) is 0.357. The molecule has 3 rings (SSSR count). The van der Waals surface area contributed by atoms with E-state index in [1.54, 1.807) is 18.3 Å². The van der Waals surface area contributed by atoms with Gasteiger partial charge in [-0.15, -0.1) is 0 Å². The van der Waals surface area contributed by atoms with Gasteiger partial charge in [-0.05, 0) is 18.2 Å². The van der Waals surface area contributed by atoms with Crippen LogP contribution in [0.15, 0.2) is 36.5 Å². The van der Waals surface area contributed by atoms with Gasteiger partial charge < -0.3 is 9.84 Å². The van der Waals surface area contributed by atoms with Crippen molar-refractivity contribution in [3.05, 3.63) is 48.0 Å². The van der Waals surface area contributed by atoms with Gasteiger partial charge >= 0.3 is 0 Å². The van der Waals surface area contributed by atoms with Crippen LogP contribution in [0, 0.1) is 5.82 Å². The Labute approximate surface area is 116 Å². The lowest BCUT2D eigenvalue weighted by atomic mass is 10.2. The topological polar surface area (TPSA) is 61.4 Å². The van der Waals surface area contributed by atoms with Gasteiger partial charge in [0.25, 0.3) is 0 Å². The van der Waals surface area contributed by atoms with E-state index in [9.17, 15) is 9.50 Å². The molecule has 2 aromatic rings. The first-order valence-electron chi connectivity index (χ1n) is 6.51. The highest BCUT2D eigenvalue weighted by molar-refractivity contribution is 5.23. The molecule has 2 heterocycles. The Kier molecular flexibility index (Phi) is 3.66. The Morgan fingerprint density at radius 3 is 3.05 bits per heavy atom. The number of β-amino-alcohol motifs (C(OH)–C–C–N with tert-alkyl or cyclic N) is 1. The molecule has 6 heteroatoms. The van der Waals surface area contributed by atoms with E-state index in [-0.39, 0.29) is 11.9 Å². The highest BCUT2D eigenvalue weighted by atomic mass is 19.1. The van der Waals surface area contributed by atoms with Gasteiger partial charge in [0.15, 0.2) is 0 Å². The Morgan fingerprint density at radius 1 is 1.40 bits per heavy atom. The molecule has 1 aliphatic rings. The van der Waals surface area contributed by atoms with Crippen LogP contribution >= 0.6 is 0 Å². The van der Waals surface area contributed by atoms with E-state index in [0.29, 0.717) is 25.4 Å². The lowest BCUT2D eigenvalue weighted by molar-refractivity contribution is 0.0734. The van der Waals surface area contributed by atoms with Crippen molar-refractivity contribution in [1.29, 1.82) is 0 Å². The molecule has 20 heavy (non-hydrogen) atoms. The van der Waals surface area contributed by atoms with E-state index < -0.39 is 6.10 Å². The number of halogens is 1. The summed E-state index contributed by atoms with van der Waals surface area (Å²) in [6.07, 6.45) is 0.767. The molecule has 1 aliphatic heterocycles. The number of rotatable bonds is 4. The largest absolute Gasteiger partial charge is 0.486 e.